The lowest BCUT2D eigenvalue weighted by molar-refractivity contribution is -0.141. The van der Waals surface area contributed by atoms with E-state index in [1.807, 2.05) is 0 Å². The molecular weight excluding hydrogens is 344 g/mol. The topological polar surface area (TPSA) is 87.0 Å². The number of nitrogens with zero attached hydrogens (tertiary/aromatic N) is 2. The van der Waals surface area contributed by atoms with E-state index in [1.165, 1.54) is 18.4 Å². The van der Waals surface area contributed by atoms with E-state index in [0.717, 1.165) is 4.70 Å². The number of fused-ring (bicyclic) bond motifs is 1. The van der Waals surface area contributed by atoms with Gasteiger partial charge in [0.1, 0.15) is 6.54 Å². The molecule has 0 aliphatic rings. The lowest BCUT2D eigenvalue weighted by Gasteiger charge is -2.05. The number of esters is 2. The molecule has 25 heavy (non-hydrogen) atoms. The van der Waals surface area contributed by atoms with Gasteiger partial charge in [-0.2, -0.15) is 4.99 Å². The van der Waals surface area contributed by atoms with Crippen LogP contribution >= 0.6 is 11.3 Å². The Labute approximate surface area is 148 Å². The van der Waals surface area contributed by atoms with Crippen molar-refractivity contribution in [1.82, 2.24) is 4.57 Å². The van der Waals surface area contributed by atoms with Crippen LogP contribution in [0.15, 0.2) is 23.2 Å². The largest absolute Gasteiger partial charge is 0.468 e. The van der Waals surface area contributed by atoms with Crippen molar-refractivity contribution < 1.29 is 23.9 Å². The highest BCUT2D eigenvalue weighted by molar-refractivity contribution is 7.16. The molecule has 0 unspecified atom stereocenters. The van der Waals surface area contributed by atoms with Gasteiger partial charge in [-0.25, -0.2) is 4.79 Å². The van der Waals surface area contributed by atoms with Crippen LogP contribution in [0.2, 0.25) is 0 Å². The molecule has 1 aromatic heterocycles. The average Bonchev–Trinajstić information content (AvgIpc) is 2.91. The number of benzene rings is 1. The van der Waals surface area contributed by atoms with Gasteiger partial charge in [-0.1, -0.05) is 25.2 Å². The molecule has 0 aliphatic heterocycles. The fraction of sp³-hybridized carbons (Fsp3) is 0.412. The average molecular weight is 364 g/mol. The summed E-state index contributed by atoms with van der Waals surface area (Å²) in [5, 5.41) is 0. The normalized spacial score (nSPS) is 11.8. The molecule has 0 atom stereocenters. The van der Waals surface area contributed by atoms with E-state index in [0.29, 0.717) is 15.9 Å². The number of aromatic nitrogens is 1. The summed E-state index contributed by atoms with van der Waals surface area (Å²) in [6, 6.07) is 5.00. The zero-order valence-corrected chi connectivity index (χ0v) is 15.4. The lowest BCUT2D eigenvalue weighted by Crippen LogP contribution is -2.23. The van der Waals surface area contributed by atoms with Crippen molar-refractivity contribution in [2.75, 3.05) is 13.7 Å². The number of rotatable bonds is 5. The fourth-order valence-corrected chi connectivity index (χ4v) is 3.14. The zero-order chi connectivity index (χ0) is 18.6. The van der Waals surface area contributed by atoms with Gasteiger partial charge in [0.15, 0.2) is 4.80 Å². The highest BCUT2D eigenvalue weighted by atomic mass is 32.1. The summed E-state index contributed by atoms with van der Waals surface area (Å²) in [5.74, 6) is -1.41. The minimum Gasteiger partial charge on any atom is -0.468 e. The molecule has 0 aliphatic carbocycles. The molecule has 0 radical (unpaired) electrons. The fourth-order valence-electron chi connectivity index (χ4n) is 2.07. The molecule has 1 amide bonds. The first kappa shape index (κ1) is 18.9. The molecule has 0 saturated heterocycles. The van der Waals surface area contributed by atoms with E-state index in [1.54, 1.807) is 43.5 Å². The predicted molar refractivity (Wildman–Crippen MR) is 93.2 cm³/mol. The summed E-state index contributed by atoms with van der Waals surface area (Å²) in [6.45, 7) is 5.46. The van der Waals surface area contributed by atoms with E-state index < -0.39 is 11.9 Å². The Kier molecular flexibility index (Phi) is 6.08. The molecule has 8 heteroatoms. The van der Waals surface area contributed by atoms with Gasteiger partial charge in [-0.15, -0.1) is 0 Å². The maximum Gasteiger partial charge on any atom is 0.338 e. The summed E-state index contributed by atoms with van der Waals surface area (Å²) >= 11 is 1.23. The molecular formula is C17H20N2O5S. The van der Waals surface area contributed by atoms with E-state index in [2.05, 4.69) is 4.99 Å². The lowest BCUT2D eigenvalue weighted by atomic mass is 10.2. The number of carbonyl (C=O) groups excluding carboxylic acids is 3. The van der Waals surface area contributed by atoms with Crippen LogP contribution < -0.4 is 4.80 Å². The Balaban J connectivity index is 2.61. The van der Waals surface area contributed by atoms with Crippen molar-refractivity contribution in [3.05, 3.63) is 28.6 Å². The van der Waals surface area contributed by atoms with Gasteiger partial charge >= 0.3 is 11.9 Å². The van der Waals surface area contributed by atoms with E-state index in [9.17, 15) is 14.4 Å². The first-order valence-electron chi connectivity index (χ1n) is 7.83. The van der Waals surface area contributed by atoms with Gasteiger partial charge < -0.3 is 14.0 Å². The number of thiazole rings is 1. The van der Waals surface area contributed by atoms with E-state index >= 15 is 0 Å². The maximum atomic E-state index is 12.0. The predicted octanol–water partition coefficient (Wildman–Crippen LogP) is 2.14. The minimum atomic E-state index is -0.451. The second-order valence-corrected chi connectivity index (χ2v) is 6.56. The number of hydrogen-bond donors (Lipinski definition) is 0. The first-order valence-corrected chi connectivity index (χ1v) is 8.65. The number of methoxy groups -OCH3 is 1. The van der Waals surface area contributed by atoms with Crippen molar-refractivity contribution in [2.24, 2.45) is 10.9 Å². The molecule has 7 nitrogen and oxygen atoms in total. The number of amides is 1. The van der Waals surface area contributed by atoms with Crippen LogP contribution in [-0.4, -0.2) is 36.1 Å². The molecule has 2 aromatic rings. The monoisotopic (exact) mass is 364 g/mol. The molecule has 0 bridgehead atoms. The molecule has 1 heterocycles. The van der Waals surface area contributed by atoms with Crippen molar-refractivity contribution in [2.45, 2.75) is 27.3 Å². The minimum absolute atomic E-state index is 0.0700. The molecule has 0 fully saturated rings. The van der Waals surface area contributed by atoms with Crippen LogP contribution in [0.1, 0.15) is 31.1 Å². The summed E-state index contributed by atoms with van der Waals surface area (Å²) in [5.41, 5.74) is 1.10. The Bertz CT molecular complexity index is 879. The second-order valence-electron chi connectivity index (χ2n) is 5.55. The highest BCUT2D eigenvalue weighted by Crippen LogP contribution is 2.20. The quantitative estimate of drug-likeness (QED) is 0.759. The third kappa shape index (κ3) is 4.33. The van der Waals surface area contributed by atoms with Gasteiger partial charge in [0, 0.05) is 5.92 Å². The molecule has 2 rings (SSSR count). The standard InChI is InChI=1S/C17H20N2O5S/c1-5-24-16(22)11-6-7-12-13(8-11)25-17(18-15(21)10(2)3)19(12)9-14(20)23-4/h6-8,10H,5,9H2,1-4H3. The van der Waals surface area contributed by atoms with Gasteiger partial charge in [0.25, 0.3) is 5.91 Å². The Morgan fingerprint density at radius 3 is 2.60 bits per heavy atom. The number of hydrogen-bond acceptors (Lipinski definition) is 6. The van der Waals surface area contributed by atoms with Crippen molar-refractivity contribution in [1.29, 1.82) is 0 Å². The third-order valence-electron chi connectivity index (χ3n) is 3.41. The summed E-state index contributed by atoms with van der Waals surface area (Å²) in [6.07, 6.45) is 0. The second kappa shape index (κ2) is 8.06. The van der Waals surface area contributed by atoms with Crippen molar-refractivity contribution in [3.63, 3.8) is 0 Å². The molecule has 0 saturated carbocycles. The van der Waals surface area contributed by atoms with Crippen LogP contribution in [0.4, 0.5) is 0 Å². The maximum absolute atomic E-state index is 12.0. The van der Waals surface area contributed by atoms with Crippen molar-refractivity contribution in [3.8, 4) is 0 Å². The number of ether oxygens (including phenoxy) is 2. The van der Waals surface area contributed by atoms with E-state index in [4.69, 9.17) is 9.47 Å². The summed E-state index contributed by atoms with van der Waals surface area (Å²) in [7, 11) is 1.30. The molecule has 0 N–H and O–H groups in total. The SMILES string of the molecule is CCOC(=O)c1ccc2c(c1)sc(=NC(=O)C(C)C)n2CC(=O)OC. The summed E-state index contributed by atoms with van der Waals surface area (Å²) in [4.78, 5) is 40.1. The van der Waals surface area contributed by atoms with Crippen LogP contribution in [0.5, 0.6) is 0 Å². The third-order valence-corrected chi connectivity index (χ3v) is 4.45. The van der Waals surface area contributed by atoms with Gasteiger partial charge in [-0.05, 0) is 25.1 Å². The van der Waals surface area contributed by atoms with Crippen LogP contribution in [0, 0.1) is 5.92 Å². The first-order chi connectivity index (χ1) is 11.9. The Hall–Kier alpha value is -2.48. The molecule has 0 spiro atoms. The molecule has 134 valence electrons. The smallest absolute Gasteiger partial charge is 0.338 e. The Morgan fingerprint density at radius 1 is 1.28 bits per heavy atom. The number of carbonyl (C=O) groups is 3. The Morgan fingerprint density at radius 2 is 2.00 bits per heavy atom. The van der Waals surface area contributed by atoms with Crippen molar-refractivity contribution >= 4 is 39.4 Å². The van der Waals surface area contributed by atoms with Gasteiger partial charge in [0.05, 0.1) is 29.5 Å². The van der Waals surface area contributed by atoms with Gasteiger partial charge in [-0.3, -0.25) is 9.59 Å². The van der Waals surface area contributed by atoms with Crippen LogP contribution in [0.25, 0.3) is 10.2 Å². The summed E-state index contributed by atoms with van der Waals surface area (Å²) < 4.78 is 12.1. The van der Waals surface area contributed by atoms with E-state index in [-0.39, 0.29) is 25.0 Å². The zero-order valence-electron chi connectivity index (χ0n) is 14.6. The van der Waals surface area contributed by atoms with Crippen LogP contribution in [0.3, 0.4) is 0 Å². The molecule has 1 aromatic carbocycles. The van der Waals surface area contributed by atoms with Gasteiger partial charge in [0.2, 0.25) is 0 Å². The highest BCUT2D eigenvalue weighted by Gasteiger charge is 2.15. The van der Waals surface area contributed by atoms with Crippen LogP contribution in [-0.2, 0) is 25.6 Å².